The van der Waals surface area contributed by atoms with Crippen molar-refractivity contribution in [1.82, 2.24) is 14.9 Å². The Morgan fingerprint density at radius 1 is 1.14 bits per heavy atom. The largest absolute Gasteiger partial charge is 0.338 e. The summed E-state index contributed by atoms with van der Waals surface area (Å²) < 4.78 is 0. The van der Waals surface area contributed by atoms with Gasteiger partial charge < -0.3 is 10.6 Å². The number of fused-ring (bicyclic) bond motifs is 2. The Labute approximate surface area is 129 Å². The second-order valence-corrected chi connectivity index (χ2v) is 6.49. The Balaban J connectivity index is 1.58. The minimum Gasteiger partial charge on any atom is -0.338 e. The van der Waals surface area contributed by atoms with Crippen LogP contribution >= 0.6 is 0 Å². The predicted molar refractivity (Wildman–Crippen MR) is 84.2 cm³/mol. The van der Waals surface area contributed by atoms with Crippen molar-refractivity contribution in [3.8, 4) is 0 Å². The second-order valence-electron chi connectivity index (χ2n) is 6.49. The molecule has 2 fully saturated rings. The molecule has 3 unspecified atom stereocenters. The summed E-state index contributed by atoms with van der Waals surface area (Å²) in [6, 6.07) is 5.80. The summed E-state index contributed by atoms with van der Waals surface area (Å²) in [5, 5.41) is 0. The van der Waals surface area contributed by atoms with E-state index in [2.05, 4.69) is 9.97 Å². The van der Waals surface area contributed by atoms with Crippen LogP contribution in [0.5, 0.6) is 0 Å². The highest BCUT2D eigenvalue weighted by Crippen LogP contribution is 2.36. The molecule has 114 valence electrons. The maximum absolute atomic E-state index is 12.8. The Morgan fingerprint density at radius 2 is 1.95 bits per heavy atom. The molecule has 0 bridgehead atoms. The fraction of sp³-hybridized carbons (Fsp3) is 0.471. The number of carbonyl (C=O) groups is 1. The van der Waals surface area contributed by atoms with Crippen LogP contribution in [0.2, 0.25) is 0 Å². The zero-order valence-corrected chi connectivity index (χ0v) is 12.5. The van der Waals surface area contributed by atoms with Crippen LogP contribution in [0.15, 0.2) is 30.6 Å². The quantitative estimate of drug-likeness (QED) is 0.871. The van der Waals surface area contributed by atoms with Crippen LogP contribution in [-0.4, -0.2) is 39.9 Å². The van der Waals surface area contributed by atoms with E-state index in [4.69, 9.17) is 5.73 Å². The van der Waals surface area contributed by atoms with E-state index < -0.39 is 0 Å². The van der Waals surface area contributed by atoms with Crippen LogP contribution in [0.25, 0.3) is 11.0 Å². The number of hydrogen-bond donors (Lipinski definition) is 1. The smallest absolute Gasteiger partial charge is 0.253 e. The summed E-state index contributed by atoms with van der Waals surface area (Å²) in [5.74, 6) is 1.14. The molecule has 1 aliphatic heterocycles. The van der Waals surface area contributed by atoms with Crippen molar-refractivity contribution < 1.29 is 4.79 Å². The number of amides is 1. The summed E-state index contributed by atoms with van der Waals surface area (Å²) in [7, 11) is 0. The number of nitrogens with two attached hydrogens (primary N) is 1. The molecule has 3 atom stereocenters. The SMILES string of the molecule is NC1CCCC2CN(C(=O)c3ccc4nccnc4c3)CC12. The van der Waals surface area contributed by atoms with E-state index >= 15 is 0 Å². The molecule has 5 nitrogen and oxygen atoms in total. The lowest BCUT2D eigenvalue weighted by molar-refractivity contribution is 0.0783. The molecule has 1 saturated heterocycles. The molecule has 1 aromatic carbocycles. The number of carbonyl (C=O) groups excluding carboxylic acids is 1. The van der Waals surface area contributed by atoms with Gasteiger partial charge in [-0.05, 0) is 42.9 Å². The Morgan fingerprint density at radius 3 is 2.77 bits per heavy atom. The molecule has 1 aliphatic carbocycles. The molecule has 4 rings (SSSR count). The van der Waals surface area contributed by atoms with E-state index in [1.54, 1.807) is 12.4 Å². The van der Waals surface area contributed by atoms with Crippen LogP contribution in [0, 0.1) is 11.8 Å². The van der Waals surface area contributed by atoms with E-state index in [9.17, 15) is 4.79 Å². The highest BCUT2D eigenvalue weighted by molar-refractivity contribution is 5.97. The van der Waals surface area contributed by atoms with Gasteiger partial charge in [-0.2, -0.15) is 0 Å². The van der Waals surface area contributed by atoms with Crippen LogP contribution < -0.4 is 5.73 Å². The van der Waals surface area contributed by atoms with Gasteiger partial charge in [0, 0.05) is 37.1 Å². The molecule has 2 heterocycles. The van der Waals surface area contributed by atoms with Crippen LogP contribution in [-0.2, 0) is 0 Å². The van der Waals surface area contributed by atoms with E-state index in [1.165, 1.54) is 12.8 Å². The molecule has 2 N–H and O–H groups in total. The minimum atomic E-state index is 0.0918. The molecule has 22 heavy (non-hydrogen) atoms. The van der Waals surface area contributed by atoms with E-state index in [1.807, 2.05) is 23.1 Å². The highest BCUT2D eigenvalue weighted by Gasteiger charge is 2.40. The van der Waals surface area contributed by atoms with Gasteiger partial charge in [0.2, 0.25) is 0 Å². The standard InChI is InChI=1S/C17H20N4O/c18-14-3-1-2-12-9-21(10-13(12)14)17(22)11-4-5-15-16(8-11)20-7-6-19-15/h4-8,12-14H,1-3,9-10,18H2. The van der Waals surface area contributed by atoms with Crippen LogP contribution in [0.4, 0.5) is 0 Å². The first-order valence-corrected chi connectivity index (χ1v) is 7.98. The van der Waals surface area contributed by atoms with Crippen LogP contribution in [0.3, 0.4) is 0 Å². The predicted octanol–water partition coefficient (Wildman–Crippen LogP) is 1.83. The molecule has 0 spiro atoms. The second kappa shape index (κ2) is 5.32. The molecular formula is C17H20N4O. The molecule has 5 heteroatoms. The third-order valence-corrected chi connectivity index (χ3v) is 5.16. The fourth-order valence-corrected chi connectivity index (χ4v) is 3.96. The number of rotatable bonds is 1. The van der Waals surface area contributed by atoms with Gasteiger partial charge in [0.1, 0.15) is 0 Å². The Hall–Kier alpha value is -2.01. The first-order chi connectivity index (χ1) is 10.7. The van der Waals surface area contributed by atoms with Crippen molar-refractivity contribution in [2.75, 3.05) is 13.1 Å². The van der Waals surface area contributed by atoms with Gasteiger partial charge in [0.05, 0.1) is 11.0 Å². The summed E-state index contributed by atoms with van der Waals surface area (Å²) in [6.07, 6.45) is 6.80. The highest BCUT2D eigenvalue weighted by atomic mass is 16.2. The van der Waals surface area contributed by atoms with Crippen molar-refractivity contribution >= 4 is 16.9 Å². The monoisotopic (exact) mass is 296 g/mol. The lowest BCUT2D eigenvalue weighted by Crippen LogP contribution is -2.38. The zero-order chi connectivity index (χ0) is 15.1. The lowest BCUT2D eigenvalue weighted by Gasteiger charge is -2.29. The third kappa shape index (κ3) is 2.25. The normalized spacial score (nSPS) is 27.9. The van der Waals surface area contributed by atoms with E-state index in [0.29, 0.717) is 17.4 Å². The number of likely N-dealkylation sites (tertiary alicyclic amines) is 1. The minimum absolute atomic E-state index is 0.0918. The van der Waals surface area contributed by atoms with Crippen molar-refractivity contribution in [3.63, 3.8) is 0 Å². The molecular weight excluding hydrogens is 276 g/mol. The van der Waals surface area contributed by atoms with E-state index in [0.717, 1.165) is 30.5 Å². The number of hydrogen-bond acceptors (Lipinski definition) is 4. The maximum Gasteiger partial charge on any atom is 0.253 e. The summed E-state index contributed by atoms with van der Waals surface area (Å²) in [4.78, 5) is 23.3. The molecule has 1 amide bonds. The van der Waals surface area contributed by atoms with Gasteiger partial charge in [0.15, 0.2) is 0 Å². The van der Waals surface area contributed by atoms with Gasteiger partial charge in [-0.15, -0.1) is 0 Å². The van der Waals surface area contributed by atoms with Gasteiger partial charge >= 0.3 is 0 Å². The molecule has 0 radical (unpaired) electrons. The molecule has 1 aromatic heterocycles. The summed E-state index contributed by atoms with van der Waals surface area (Å²) >= 11 is 0. The van der Waals surface area contributed by atoms with Crippen molar-refractivity contribution in [3.05, 3.63) is 36.2 Å². The fourth-order valence-electron chi connectivity index (χ4n) is 3.96. The number of benzene rings is 1. The Kier molecular flexibility index (Phi) is 3.30. The average molecular weight is 296 g/mol. The molecule has 1 saturated carbocycles. The van der Waals surface area contributed by atoms with Crippen LogP contribution in [0.1, 0.15) is 29.6 Å². The maximum atomic E-state index is 12.8. The molecule has 2 aliphatic rings. The lowest BCUT2D eigenvalue weighted by atomic mass is 9.78. The average Bonchev–Trinajstić information content (AvgIpc) is 2.99. The third-order valence-electron chi connectivity index (χ3n) is 5.16. The van der Waals surface area contributed by atoms with Gasteiger partial charge in [-0.25, -0.2) is 0 Å². The van der Waals surface area contributed by atoms with Crippen molar-refractivity contribution in [2.24, 2.45) is 17.6 Å². The van der Waals surface area contributed by atoms with Gasteiger partial charge in [-0.1, -0.05) is 6.42 Å². The van der Waals surface area contributed by atoms with Crippen molar-refractivity contribution in [1.29, 1.82) is 0 Å². The van der Waals surface area contributed by atoms with Gasteiger partial charge in [-0.3, -0.25) is 14.8 Å². The van der Waals surface area contributed by atoms with Crippen molar-refractivity contribution in [2.45, 2.75) is 25.3 Å². The zero-order valence-electron chi connectivity index (χ0n) is 12.5. The molecule has 2 aromatic rings. The number of aromatic nitrogens is 2. The number of nitrogens with zero attached hydrogens (tertiary/aromatic N) is 3. The van der Waals surface area contributed by atoms with Gasteiger partial charge in [0.25, 0.3) is 5.91 Å². The summed E-state index contributed by atoms with van der Waals surface area (Å²) in [6.45, 7) is 1.64. The topological polar surface area (TPSA) is 72.1 Å². The first kappa shape index (κ1) is 13.6. The van der Waals surface area contributed by atoms with E-state index in [-0.39, 0.29) is 11.9 Å². The Bertz CT molecular complexity index is 717. The first-order valence-electron chi connectivity index (χ1n) is 7.98. The summed E-state index contributed by atoms with van der Waals surface area (Å²) in [5.41, 5.74) is 8.52.